The van der Waals surface area contributed by atoms with Crippen LogP contribution in [0.3, 0.4) is 0 Å². The molecule has 0 aromatic heterocycles. The molecule has 0 fully saturated rings. The second-order valence-corrected chi connectivity index (χ2v) is 5.17. The van der Waals surface area contributed by atoms with Crippen LogP contribution >= 0.6 is 0 Å². The van der Waals surface area contributed by atoms with Gasteiger partial charge in [-0.25, -0.2) is 0 Å². The number of hydrogen-bond donors (Lipinski definition) is 1. The Bertz CT molecular complexity index is 483. The molecule has 94 valence electrons. The Hall–Kier alpha value is -1.60. The molecule has 1 heteroatoms. The van der Waals surface area contributed by atoms with Gasteiger partial charge in [-0.3, -0.25) is 0 Å². The van der Waals surface area contributed by atoms with Gasteiger partial charge in [-0.15, -0.1) is 0 Å². The lowest BCUT2D eigenvalue weighted by atomic mass is 9.85. The summed E-state index contributed by atoms with van der Waals surface area (Å²) >= 11 is 0. The summed E-state index contributed by atoms with van der Waals surface area (Å²) in [5, 5.41) is 0. The van der Waals surface area contributed by atoms with Gasteiger partial charge in [0.25, 0.3) is 0 Å². The van der Waals surface area contributed by atoms with E-state index < -0.39 is 0 Å². The van der Waals surface area contributed by atoms with Gasteiger partial charge in [0.2, 0.25) is 0 Å². The highest BCUT2D eigenvalue weighted by molar-refractivity contribution is 5.37. The first-order valence-electron chi connectivity index (χ1n) is 6.46. The highest BCUT2D eigenvalue weighted by Crippen LogP contribution is 2.28. The molecule has 0 aliphatic carbocycles. The summed E-state index contributed by atoms with van der Waals surface area (Å²) in [6, 6.07) is 17.4. The maximum Gasteiger partial charge on any atom is 0.0238 e. The Labute approximate surface area is 110 Å². The maximum absolute atomic E-state index is 6.20. The fourth-order valence-electron chi connectivity index (χ4n) is 2.53. The van der Waals surface area contributed by atoms with Crippen LogP contribution in [0.25, 0.3) is 0 Å². The lowest BCUT2D eigenvalue weighted by molar-refractivity contribution is 0.644. The second-order valence-electron chi connectivity index (χ2n) is 5.17. The Kier molecular flexibility index (Phi) is 3.83. The predicted octanol–water partition coefficient (Wildman–Crippen LogP) is 3.78. The van der Waals surface area contributed by atoms with Gasteiger partial charge in [-0.2, -0.15) is 0 Å². The Morgan fingerprint density at radius 2 is 1.28 bits per heavy atom. The lowest BCUT2D eigenvalue weighted by Gasteiger charge is -2.22. The van der Waals surface area contributed by atoms with Gasteiger partial charge in [0.15, 0.2) is 0 Å². The molecule has 1 unspecified atom stereocenters. The van der Waals surface area contributed by atoms with Crippen LogP contribution in [0.15, 0.2) is 48.5 Å². The zero-order valence-electron chi connectivity index (χ0n) is 11.4. The summed E-state index contributed by atoms with van der Waals surface area (Å²) in [6.45, 7) is 6.32. The second kappa shape index (κ2) is 5.36. The van der Waals surface area contributed by atoms with Gasteiger partial charge in [0.05, 0.1) is 0 Å². The van der Waals surface area contributed by atoms with Crippen LogP contribution in [0.1, 0.15) is 35.1 Å². The third-order valence-electron chi connectivity index (χ3n) is 3.33. The molecule has 2 aromatic rings. The topological polar surface area (TPSA) is 26.0 Å². The van der Waals surface area contributed by atoms with Gasteiger partial charge in [0, 0.05) is 12.0 Å². The summed E-state index contributed by atoms with van der Waals surface area (Å²) in [4.78, 5) is 0. The summed E-state index contributed by atoms with van der Waals surface area (Å²) in [5.41, 5.74) is 11.4. The van der Waals surface area contributed by atoms with Crippen LogP contribution in [0.5, 0.6) is 0 Å². The van der Waals surface area contributed by atoms with Crippen molar-refractivity contribution in [3.8, 4) is 0 Å². The zero-order valence-corrected chi connectivity index (χ0v) is 11.4. The molecule has 0 aliphatic heterocycles. The minimum Gasteiger partial charge on any atom is -0.327 e. The molecule has 2 N–H and O–H groups in total. The minimum absolute atomic E-state index is 0.105. The van der Waals surface area contributed by atoms with Crippen molar-refractivity contribution < 1.29 is 0 Å². The third-order valence-corrected chi connectivity index (χ3v) is 3.33. The fraction of sp³-hybridized carbons (Fsp3) is 0.294. The van der Waals surface area contributed by atoms with Gasteiger partial charge in [0.1, 0.15) is 0 Å². The first-order chi connectivity index (χ1) is 8.58. The molecular weight excluding hydrogens is 218 g/mol. The van der Waals surface area contributed by atoms with Gasteiger partial charge < -0.3 is 5.73 Å². The van der Waals surface area contributed by atoms with Crippen molar-refractivity contribution >= 4 is 0 Å². The van der Waals surface area contributed by atoms with E-state index >= 15 is 0 Å². The van der Waals surface area contributed by atoms with Crippen LogP contribution in [0, 0.1) is 13.8 Å². The van der Waals surface area contributed by atoms with Crippen molar-refractivity contribution in [2.24, 2.45) is 5.73 Å². The quantitative estimate of drug-likeness (QED) is 0.866. The predicted molar refractivity (Wildman–Crippen MR) is 77.9 cm³/mol. The average Bonchev–Trinajstić information content (AvgIpc) is 2.28. The summed E-state index contributed by atoms with van der Waals surface area (Å²) in [6.07, 6.45) is 0. The molecule has 18 heavy (non-hydrogen) atoms. The van der Waals surface area contributed by atoms with E-state index in [1.165, 1.54) is 22.3 Å². The highest BCUT2D eigenvalue weighted by Gasteiger charge is 2.18. The van der Waals surface area contributed by atoms with Crippen molar-refractivity contribution in [3.63, 3.8) is 0 Å². The molecule has 0 radical (unpaired) electrons. The largest absolute Gasteiger partial charge is 0.327 e. The molecule has 0 saturated carbocycles. The van der Waals surface area contributed by atoms with Crippen LogP contribution in [-0.4, -0.2) is 6.04 Å². The fourth-order valence-corrected chi connectivity index (χ4v) is 2.53. The van der Waals surface area contributed by atoms with Crippen molar-refractivity contribution in [2.45, 2.75) is 32.7 Å². The van der Waals surface area contributed by atoms with Crippen LogP contribution in [-0.2, 0) is 0 Å². The van der Waals surface area contributed by atoms with E-state index in [1.54, 1.807) is 0 Å². The SMILES string of the molecule is Cc1cccc(C(c2cccc(C)c2)C(C)N)c1. The number of aryl methyl sites for hydroxylation is 2. The molecule has 0 bridgehead atoms. The van der Waals surface area contributed by atoms with E-state index in [-0.39, 0.29) is 12.0 Å². The number of benzene rings is 2. The van der Waals surface area contributed by atoms with Crippen LogP contribution in [0.2, 0.25) is 0 Å². The van der Waals surface area contributed by atoms with Crippen molar-refractivity contribution in [3.05, 3.63) is 70.8 Å². The molecule has 1 atom stereocenters. The average molecular weight is 239 g/mol. The van der Waals surface area contributed by atoms with E-state index in [0.29, 0.717) is 0 Å². The molecule has 0 heterocycles. The third kappa shape index (κ3) is 2.80. The van der Waals surface area contributed by atoms with Crippen LogP contribution in [0.4, 0.5) is 0 Å². The minimum atomic E-state index is 0.105. The summed E-state index contributed by atoms with van der Waals surface area (Å²) in [5.74, 6) is 0.268. The molecule has 1 nitrogen and oxygen atoms in total. The highest BCUT2D eigenvalue weighted by atomic mass is 14.6. The first-order valence-corrected chi connectivity index (χ1v) is 6.46. The summed E-state index contributed by atoms with van der Waals surface area (Å²) < 4.78 is 0. The Balaban J connectivity index is 2.46. The molecule has 0 saturated heterocycles. The molecule has 2 aromatic carbocycles. The standard InChI is InChI=1S/C17H21N/c1-12-6-4-8-15(10-12)17(14(3)18)16-9-5-7-13(2)11-16/h4-11,14,17H,18H2,1-3H3. The van der Waals surface area contributed by atoms with Crippen molar-refractivity contribution in [1.29, 1.82) is 0 Å². The molecule has 2 rings (SSSR count). The van der Waals surface area contributed by atoms with E-state index in [9.17, 15) is 0 Å². The van der Waals surface area contributed by atoms with Gasteiger partial charge >= 0.3 is 0 Å². The normalized spacial score (nSPS) is 12.7. The summed E-state index contributed by atoms with van der Waals surface area (Å²) in [7, 11) is 0. The number of rotatable bonds is 3. The van der Waals surface area contributed by atoms with E-state index in [4.69, 9.17) is 5.73 Å². The van der Waals surface area contributed by atoms with Crippen LogP contribution < -0.4 is 5.73 Å². The number of hydrogen-bond acceptors (Lipinski definition) is 1. The number of nitrogens with two attached hydrogens (primary N) is 1. The smallest absolute Gasteiger partial charge is 0.0238 e. The first kappa shape index (κ1) is 12.8. The van der Waals surface area contributed by atoms with E-state index in [0.717, 1.165) is 0 Å². The molecule has 0 amide bonds. The maximum atomic E-state index is 6.20. The molecule has 0 spiro atoms. The van der Waals surface area contributed by atoms with Crippen molar-refractivity contribution in [2.75, 3.05) is 0 Å². The van der Waals surface area contributed by atoms with E-state index in [2.05, 4.69) is 69.3 Å². The Morgan fingerprint density at radius 1 is 0.833 bits per heavy atom. The van der Waals surface area contributed by atoms with E-state index in [1.807, 2.05) is 0 Å². The monoisotopic (exact) mass is 239 g/mol. The Morgan fingerprint density at radius 3 is 1.61 bits per heavy atom. The van der Waals surface area contributed by atoms with Gasteiger partial charge in [-0.1, -0.05) is 59.7 Å². The lowest BCUT2D eigenvalue weighted by Crippen LogP contribution is -2.25. The molecular formula is C17H21N. The molecule has 0 aliphatic rings. The van der Waals surface area contributed by atoms with Crippen molar-refractivity contribution in [1.82, 2.24) is 0 Å². The zero-order chi connectivity index (χ0) is 13.1. The van der Waals surface area contributed by atoms with Gasteiger partial charge in [-0.05, 0) is 31.9 Å².